The smallest absolute Gasteiger partial charge is 0.238 e. The van der Waals surface area contributed by atoms with Crippen LogP contribution in [0.5, 0.6) is 0 Å². The number of carbonyl (C=O) groups is 2. The van der Waals surface area contributed by atoms with Gasteiger partial charge in [0.2, 0.25) is 20.0 Å². The molecule has 0 spiro atoms. The number of nitrogens with one attached hydrogen (secondary N) is 2. The van der Waals surface area contributed by atoms with Crippen LogP contribution in [0.4, 0.5) is 0 Å². The number of benzene rings is 2. The molecule has 260 valence electrons. The first-order valence-corrected chi connectivity index (χ1v) is 18.3. The number of Topliss-reactive ketones (excluding diaryl/α,β-unsaturated/α-hetero) is 2. The zero-order chi connectivity index (χ0) is 36.8. The Balaban J connectivity index is 0.000000194. The Morgan fingerprint density at radius 3 is 1.18 bits per heavy atom. The summed E-state index contributed by atoms with van der Waals surface area (Å²) in [5, 5.41) is 10.2. The van der Waals surface area contributed by atoms with Crippen LogP contribution in [0.1, 0.15) is 62.3 Å². The fraction of sp³-hybridized carbons (Fsp3) is 0.235. The number of H-pyrrole nitrogens is 2. The van der Waals surface area contributed by atoms with E-state index in [4.69, 9.17) is 10.3 Å². The molecule has 14 nitrogen and oxygen atoms in total. The monoisotopic (exact) mass is 716 g/mol. The van der Waals surface area contributed by atoms with Gasteiger partial charge in [-0.3, -0.25) is 9.59 Å². The molecule has 2 aromatic carbocycles. The van der Waals surface area contributed by atoms with Crippen molar-refractivity contribution in [1.82, 2.24) is 29.9 Å². The first-order chi connectivity index (χ1) is 23.1. The van der Waals surface area contributed by atoms with E-state index in [0.29, 0.717) is 56.0 Å². The van der Waals surface area contributed by atoms with Gasteiger partial charge < -0.3 is 9.97 Å². The van der Waals surface area contributed by atoms with Crippen LogP contribution in [0, 0.1) is 10.8 Å². The van der Waals surface area contributed by atoms with Gasteiger partial charge in [-0.05, 0) is 24.3 Å². The quantitative estimate of drug-likeness (QED) is 0.168. The lowest BCUT2D eigenvalue weighted by atomic mass is 9.87. The summed E-state index contributed by atoms with van der Waals surface area (Å²) in [6.45, 7) is 11.1. The summed E-state index contributed by atoms with van der Waals surface area (Å²) in [6, 6.07) is 12.1. The first kappa shape index (κ1) is 36.1. The number of nitrogens with zero attached hydrogens (tertiary/aromatic N) is 4. The largest absolute Gasteiger partial charge is 0.344 e. The maximum atomic E-state index is 12.6. The third-order valence-electron chi connectivity index (χ3n) is 7.57. The molecule has 0 radical (unpaired) electrons. The van der Waals surface area contributed by atoms with Crippen molar-refractivity contribution in [2.75, 3.05) is 0 Å². The summed E-state index contributed by atoms with van der Waals surface area (Å²) in [4.78, 5) is 48.8. The molecule has 0 amide bonds. The van der Waals surface area contributed by atoms with Gasteiger partial charge in [0.15, 0.2) is 22.9 Å². The molecule has 6 rings (SSSR count). The first-order valence-electron chi connectivity index (χ1n) is 15.2. The second-order valence-corrected chi connectivity index (χ2v) is 16.7. The van der Waals surface area contributed by atoms with Gasteiger partial charge in [-0.15, -0.1) is 0 Å². The van der Waals surface area contributed by atoms with Crippen LogP contribution in [-0.2, 0) is 20.0 Å². The predicted octanol–water partition coefficient (Wildman–Crippen LogP) is 5.00. The SMILES string of the molecule is CC(C)(C)C(=O)c1c[nH]c2ncc(-c3ccc(S(N)(=O)=O)cc3)nc12.CC(C)(C)C(=O)c1c[nH]c2ncc(-c3ccc(S(N)(=O)=O)cc3)nc12. The van der Waals surface area contributed by atoms with Crippen LogP contribution >= 0.6 is 0 Å². The molecule has 0 bridgehead atoms. The zero-order valence-electron chi connectivity index (χ0n) is 28.1. The highest BCUT2D eigenvalue weighted by Crippen LogP contribution is 2.29. The number of ketones is 2. The highest BCUT2D eigenvalue weighted by atomic mass is 32.2. The molecular weight excluding hydrogens is 681 g/mol. The van der Waals surface area contributed by atoms with Gasteiger partial charge in [0.05, 0.1) is 44.7 Å². The number of primary sulfonamides is 2. The van der Waals surface area contributed by atoms with E-state index in [9.17, 15) is 26.4 Å². The Labute approximate surface area is 288 Å². The van der Waals surface area contributed by atoms with E-state index in [0.717, 1.165) is 0 Å². The van der Waals surface area contributed by atoms with E-state index in [-0.39, 0.29) is 21.4 Å². The minimum atomic E-state index is -3.75. The highest BCUT2D eigenvalue weighted by molar-refractivity contribution is 7.89. The van der Waals surface area contributed by atoms with Crippen LogP contribution in [0.25, 0.3) is 44.8 Å². The van der Waals surface area contributed by atoms with Crippen molar-refractivity contribution in [2.45, 2.75) is 51.3 Å². The number of fused-ring (bicyclic) bond motifs is 2. The normalized spacial score (nSPS) is 12.5. The molecule has 0 aliphatic heterocycles. The van der Waals surface area contributed by atoms with Crippen LogP contribution in [-0.4, -0.2) is 58.3 Å². The van der Waals surface area contributed by atoms with Gasteiger partial charge in [-0.1, -0.05) is 65.8 Å². The minimum absolute atomic E-state index is 0.0236. The van der Waals surface area contributed by atoms with E-state index in [1.807, 2.05) is 41.5 Å². The predicted molar refractivity (Wildman–Crippen MR) is 189 cm³/mol. The van der Waals surface area contributed by atoms with Gasteiger partial charge >= 0.3 is 0 Å². The second-order valence-electron chi connectivity index (χ2n) is 13.6. The molecule has 0 saturated heterocycles. The van der Waals surface area contributed by atoms with Gasteiger partial charge in [0.25, 0.3) is 0 Å². The third kappa shape index (κ3) is 7.68. The van der Waals surface area contributed by atoms with Crippen LogP contribution in [0.2, 0.25) is 0 Å². The van der Waals surface area contributed by atoms with Crippen molar-refractivity contribution >= 4 is 53.9 Å². The van der Waals surface area contributed by atoms with Gasteiger partial charge in [-0.2, -0.15) is 0 Å². The summed E-state index contributed by atoms with van der Waals surface area (Å²) < 4.78 is 45.4. The van der Waals surface area contributed by atoms with E-state index in [1.165, 1.54) is 24.3 Å². The summed E-state index contributed by atoms with van der Waals surface area (Å²) in [6.07, 6.45) is 6.37. The number of rotatable bonds is 6. The lowest BCUT2D eigenvalue weighted by Gasteiger charge is -2.15. The molecule has 6 aromatic rings. The minimum Gasteiger partial charge on any atom is -0.344 e. The molecule has 0 aliphatic carbocycles. The summed E-state index contributed by atoms with van der Waals surface area (Å²) in [7, 11) is -7.50. The summed E-state index contributed by atoms with van der Waals surface area (Å²) in [5.74, 6) is -0.0652. The Bertz CT molecular complexity index is 2300. The number of hydrogen-bond acceptors (Lipinski definition) is 10. The zero-order valence-corrected chi connectivity index (χ0v) is 29.8. The molecule has 50 heavy (non-hydrogen) atoms. The number of carbonyl (C=O) groups excluding carboxylic acids is 2. The Morgan fingerprint density at radius 2 is 0.900 bits per heavy atom. The molecule has 0 unspecified atom stereocenters. The van der Waals surface area contributed by atoms with Crippen LogP contribution < -0.4 is 10.3 Å². The lowest BCUT2D eigenvalue weighted by molar-refractivity contribution is 0.0854. The average Bonchev–Trinajstić information content (AvgIpc) is 3.66. The number of sulfonamides is 2. The summed E-state index contributed by atoms with van der Waals surface area (Å²) in [5.41, 5.74) is 4.36. The average molecular weight is 717 g/mol. The highest BCUT2D eigenvalue weighted by Gasteiger charge is 2.27. The molecule has 6 N–H and O–H groups in total. The van der Waals surface area contributed by atoms with Gasteiger partial charge in [0.1, 0.15) is 11.0 Å². The Hall–Kier alpha value is -5.16. The number of hydrogen-bond donors (Lipinski definition) is 4. The van der Waals surface area contributed by atoms with Crippen molar-refractivity contribution in [3.8, 4) is 22.5 Å². The van der Waals surface area contributed by atoms with E-state index in [1.54, 1.807) is 49.1 Å². The maximum Gasteiger partial charge on any atom is 0.238 e. The van der Waals surface area contributed by atoms with Crippen molar-refractivity contribution in [2.24, 2.45) is 21.1 Å². The molecule has 4 heterocycles. The topological polar surface area (TPSA) is 238 Å². The third-order valence-corrected chi connectivity index (χ3v) is 9.43. The molecule has 4 aromatic heterocycles. The Kier molecular flexibility index (Phi) is 9.35. The molecule has 0 fully saturated rings. The van der Waals surface area contributed by atoms with Gasteiger partial charge in [0, 0.05) is 34.4 Å². The molecule has 16 heteroatoms. The number of aromatic nitrogens is 6. The van der Waals surface area contributed by atoms with Crippen molar-refractivity contribution in [3.63, 3.8) is 0 Å². The van der Waals surface area contributed by atoms with E-state index in [2.05, 4.69) is 29.9 Å². The van der Waals surface area contributed by atoms with Crippen LogP contribution in [0.15, 0.2) is 83.1 Å². The second kappa shape index (κ2) is 12.9. The fourth-order valence-corrected chi connectivity index (χ4v) is 5.88. The number of nitrogens with two attached hydrogens (primary N) is 2. The fourth-order valence-electron chi connectivity index (χ4n) is 4.85. The van der Waals surface area contributed by atoms with E-state index < -0.39 is 30.9 Å². The molecular formula is C34H36N8O6S2. The van der Waals surface area contributed by atoms with Crippen molar-refractivity contribution in [1.29, 1.82) is 0 Å². The molecule has 0 saturated carbocycles. The van der Waals surface area contributed by atoms with E-state index >= 15 is 0 Å². The molecule has 0 atom stereocenters. The van der Waals surface area contributed by atoms with Crippen LogP contribution in [0.3, 0.4) is 0 Å². The summed E-state index contributed by atoms with van der Waals surface area (Å²) >= 11 is 0. The molecule has 0 aliphatic rings. The van der Waals surface area contributed by atoms with Gasteiger partial charge in [-0.25, -0.2) is 47.0 Å². The Morgan fingerprint density at radius 1 is 0.580 bits per heavy atom. The standard InChI is InChI=1S/2C17H18N4O3S/c2*1-17(2,3)15(22)12-8-19-16-14(12)21-13(9-20-16)10-4-6-11(7-5-10)25(18,23)24/h2*4-9H,1-3H3,(H,19,20)(H2,18,23,24). The van der Waals surface area contributed by atoms with Crippen molar-refractivity contribution < 1.29 is 26.4 Å². The van der Waals surface area contributed by atoms with Crippen molar-refractivity contribution in [3.05, 3.63) is 84.4 Å². The number of aromatic amines is 2. The lowest BCUT2D eigenvalue weighted by Crippen LogP contribution is -2.20. The maximum absolute atomic E-state index is 12.6.